The Kier molecular flexibility index (Phi) is 2.54. The summed E-state index contributed by atoms with van der Waals surface area (Å²) in [6.45, 7) is 0.320. The molecule has 0 amide bonds. The van der Waals surface area contributed by atoms with Crippen LogP contribution in [0.5, 0.6) is 0 Å². The summed E-state index contributed by atoms with van der Waals surface area (Å²) in [6, 6.07) is 0. The highest BCUT2D eigenvalue weighted by molar-refractivity contribution is 5.84. The fourth-order valence-corrected chi connectivity index (χ4v) is 1.53. The van der Waals surface area contributed by atoms with Gasteiger partial charge in [0.2, 0.25) is 5.89 Å². The van der Waals surface area contributed by atoms with Crippen LogP contribution in [0.2, 0.25) is 0 Å². The van der Waals surface area contributed by atoms with Crippen molar-refractivity contribution in [1.29, 1.82) is 0 Å². The number of methoxy groups -OCH3 is 1. The number of hydrogen-bond donors (Lipinski definition) is 0. The molecule has 94 valence electrons. The van der Waals surface area contributed by atoms with Crippen LogP contribution in [0.4, 0.5) is 0 Å². The summed E-state index contributed by atoms with van der Waals surface area (Å²) < 4.78 is 11.1. The summed E-state index contributed by atoms with van der Waals surface area (Å²) >= 11 is 0. The lowest BCUT2D eigenvalue weighted by atomic mass is 10.4. The Morgan fingerprint density at radius 1 is 1.61 bits per heavy atom. The third-order valence-corrected chi connectivity index (χ3v) is 2.62. The van der Waals surface area contributed by atoms with Gasteiger partial charge in [0.1, 0.15) is 12.9 Å². The molecule has 0 atom stereocenters. The number of nitrogens with zero attached hydrogens (tertiary/aromatic N) is 5. The van der Waals surface area contributed by atoms with E-state index < -0.39 is 5.97 Å². The van der Waals surface area contributed by atoms with Gasteiger partial charge in [-0.25, -0.2) is 14.5 Å². The number of aromatic nitrogens is 5. The van der Waals surface area contributed by atoms with E-state index in [2.05, 4.69) is 25.0 Å². The molecule has 18 heavy (non-hydrogen) atoms. The van der Waals surface area contributed by atoms with Gasteiger partial charge in [-0.15, -0.1) is 5.10 Å². The van der Waals surface area contributed by atoms with Gasteiger partial charge in [0.15, 0.2) is 5.82 Å². The SMILES string of the molecule is COC(=O)c1ncn(Cc2noc(C3CC3)n2)n1. The average molecular weight is 249 g/mol. The monoisotopic (exact) mass is 249 g/mol. The van der Waals surface area contributed by atoms with E-state index in [1.165, 1.54) is 18.1 Å². The zero-order valence-corrected chi connectivity index (χ0v) is 9.74. The Labute approximate surface area is 102 Å². The van der Waals surface area contributed by atoms with E-state index in [1.54, 1.807) is 0 Å². The van der Waals surface area contributed by atoms with Gasteiger partial charge < -0.3 is 9.26 Å². The van der Waals surface area contributed by atoms with Crippen molar-refractivity contribution >= 4 is 5.97 Å². The Morgan fingerprint density at radius 3 is 3.17 bits per heavy atom. The largest absolute Gasteiger partial charge is 0.463 e. The first kappa shape index (κ1) is 10.9. The van der Waals surface area contributed by atoms with Crippen LogP contribution in [0.3, 0.4) is 0 Å². The summed E-state index contributed by atoms with van der Waals surface area (Å²) in [5.74, 6) is 1.08. The summed E-state index contributed by atoms with van der Waals surface area (Å²) in [5, 5.41) is 7.81. The van der Waals surface area contributed by atoms with Crippen molar-refractivity contribution in [2.75, 3.05) is 7.11 Å². The lowest BCUT2D eigenvalue weighted by Crippen LogP contribution is -2.07. The third kappa shape index (κ3) is 2.08. The highest BCUT2D eigenvalue weighted by Crippen LogP contribution is 2.38. The second-order valence-corrected chi connectivity index (χ2v) is 4.08. The van der Waals surface area contributed by atoms with Crippen LogP contribution in [0, 0.1) is 0 Å². The van der Waals surface area contributed by atoms with Crippen LogP contribution in [-0.2, 0) is 11.3 Å². The Bertz CT molecular complexity index is 572. The molecule has 0 aliphatic heterocycles. The lowest BCUT2D eigenvalue weighted by molar-refractivity contribution is 0.0586. The molecular weight excluding hydrogens is 238 g/mol. The highest BCUT2D eigenvalue weighted by Gasteiger charge is 2.29. The molecule has 1 aliphatic carbocycles. The van der Waals surface area contributed by atoms with E-state index in [0.29, 0.717) is 24.2 Å². The number of ether oxygens (including phenoxy) is 1. The van der Waals surface area contributed by atoms with E-state index in [-0.39, 0.29) is 5.82 Å². The first-order valence-electron chi connectivity index (χ1n) is 5.56. The maximum Gasteiger partial charge on any atom is 0.377 e. The van der Waals surface area contributed by atoms with Crippen molar-refractivity contribution < 1.29 is 14.1 Å². The first-order chi connectivity index (χ1) is 8.76. The molecule has 8 heteroatoms. The predicted molar refractivity (Wildman–Crippen MR) is 56.7 cm³/mol. The molecule has 8 nitrogen and oxygen atoms in total. The standard InChI is InChI=1S/C10H11N5O3/c1-17-10(16)8-11-5-15(13-8)4-7-12-9(18-14-7)6-2-3-6/h5-6H,2-4H2,1H3. The van der Waals surface area contributed by atoms with Gasteiger partial charge in [-0.3, -0.25) is 0 Å². The van der Waals surface area contributed by atoms with Crippen molar-refractivity contribution in [3.8, 4) is 0 Å². The van der Waals surface area contributed by atoms with E-state index in [1.807, 2.05) is 0 Å². The molecular formula is C10H11N5O3. The molecule has 0 unspecified atom stereocenters. The van der Waals surface area contributed by atoms with Crippen LogP contribution in [0.1, 0.15) is 41.1 Å². The second-order valence-electron chi connectivity index (χ2n) is 4.08. The number of carbonyl (C=O) groups is 1. The van der Waals surface area contributed by atoms with E-state index >= 15 is 0 Å². The Balaban J connectivity index is 1.71. The highest BCUT2D eigenvalue weighted by atomic mass is 16.5. The topological polar surface area (TPSA) is 95.9 Å². The molecule has 0 radical (unpaired) electrons. The van der Waals surface area contributed by atoms with Crippen molar-refractivity contribution in [1.82, 2.24) is 24.9 Å². The van der Waals surface area contributed by atoms with Gasteiger partial charge in [0, 0.05) is 5.92 Å². The van der Waals surface area contributed by atoms with Gasteiger partial charge in [0.05, 0.1) is 7.11 Å². The average Bonchev–Trinajstić information content (AvgIpc) is 2.96. The van der Waals surface area contributed by atoms with Crippen molar-refractivity contribution in [3.05, 3.63) is 23.9 Å². The molecule has 3 rings (SSSR count). The van der Waals surface area contributed by atoms with Crippen molar-refractivity contribution in [2.24, 2.45) is 0 Å². The maximum atomic E-state index is 11.2. The lowest BCUT2D eigenvalue weighted by Gasteiger charge is -1.93. The molecule has 2 heterocycles. The molecule has 0 aromatic carbocycles. The minimum Gasteiger partial charge on any atom is -0.463 e. The Morgan fingerprint density at radius 2 is 2.44 bits per heavy atom. The molecule has 1 saturated carbocycles. The molecule has 0 bridgehead atoms. The summed E-state index contributed by atoms with van der Waals surface area (Å²) in [4.78, 5) is 19.3. The van der Waals surface area contributed by atoms with Crippen LogP contribution in [-0.4, -0.2) is 38.0 Å². The van der Waals surface area contributed by atoms with Crippen LogP contribution >= 0.6 is 0 Å². The zero-order chi connectivity index (χ0) is 12.5. The van der Waals surface area contributed by atoms with Crippen LogP contribution in [0.25, 0.3) is 0 Å². The molecule has 2 aromatic heterocycles. The normalized spacial score (nSPS) is 14.7. The zero-order valence-electron chi connectivity index (χ0n) is 9.74. The summed E-state index contributed by atoms with van der Waals surface area (Å²) in [6.07, 6.45) is 3.65. The van der Waals surface area contributed by atoms with Gasteiger partial charge >= 0.3 is 5.97 Å². The van der Waals surface area contributed by atoms with E-state index in [0.717, 1.165) is 12.8 Å². The minimum absolute atomic E-state index is 0.0170. The van der Waals surface area contributed by atoms with Gasteiger partial charge in [0.25, 0.3) is 5.82 Å². The second kappa shape index (κ2) is 4.21. The number of hydrogen-bond acceptors (Lipinski definition) is 7. The maximum absolute atomic E-state index is 11.2. The summed E-state index contributed by atoms with van der Waals surface area (Å²) in [7, 11) is 1.28. The molecule has 0 spiro atoms. The molecule has 1 aliphatic rings. The van der Waals surface area contributed by atoms with Crippen LogP contribution in [0.15, 0.2) is 10.9 Å². The predicted octanol–water partition coefficient (Wildman–Crippen LogP) is 0.373. The third-order valence-electron chi connectivity index (χ3n) is 2.62. The van der Waals surface area contributed by atoms with Gasteiger partial charge in [-0.1, -0.05) is 5.16 Å². The number of carbonyl (C=O) groups excluding carboxylic acids is 1. The van der Waals surface area contributed by atoms with Gasteiger partial charge in [-0.05, 0) is 12.8 Å². The van der Waals surface area contributed by atoms with E-state index in [9.17, 15) is 4.79 Å². The quantitative estimate of drug-likeness (QED) is 0.722. The molecule has 2 aromatic rings. The molecule has 0 N–H and O–H groups in total. The first-order valence-corrected chi connectivity index (χ1v) is 5.56. The Hall–Kier alpha value is -2.25. The molecule has 1 fully saturated rings. The number of rotatable bonds is 4. The minimum atomic E-state index is -0.569. The van der Waals surface area contributed by atoms with E-state index in [4.69, 9.17) is 4.52 Å². The fourth-order valence-electron chi connectivity index (χ4n) is 1.53. The fraction of sp³-hybridized carbons (Fsp3) is 0.500. The summed E-state index contributed by atoms with van der Waals surface area (Å²) in [5.41, 5.74) is 0. The van der Waals surface area contributed by atoms with Crippen LogP contribution < -0.4 is 0 Å². The molecule has 0 saturated heterocycles. The van der Waals surface area contributed by atoms with Gasteiger partial charge in [-0.2, -0.15) is 4.98 Å². The number of esters is 1. The van der Waals surface area contributed by atoms with Crippen molar-refractivity contribution in [2.45, 2.75) is 25.3 Å². The smallest absolute Gasteiger partial charge is 0.377 e. The van der Waals surface area contributed by atoms with Crippen molar-refractivity contribution in [3.63, 3.8) is 0 Å².